The minimum atomic E-state index is -0.748. The number of carboxylic acid groups (broad SMARTS) is 4. The maximum Gasteiger partial charge on any atom is 0.309 e. The van der Waals surface area contributed by atoms with E-state index in [4.69, 9.17) is 0 Å². The second-order valence-electron chi connectivity index (χ2n) is 19.6. The van der Waals surface area contributed by atoms with Crippen molar-refractivity contribution in [2.75, 3.05) is 0 Å². The lowest BCUT2D eigenvalue weighted by molar-refractivity contribution is -0.148. The summed E-state index contributed by atoms with van der Waals surface area (Å²) >= 11 is 0. The van der Waals surface area contributed by atoms with E-state index in [9.17, 15) is 39.6 Å². The first-order valence-electron chi connectivity index (χ1n) is 22.5. The number of benzene rings is 2. The van der Waals surface area contributed by atoms with Gasteiger partial charge in [-0.15, -0.1) is 0 Å². The highest BCUT2D eigenvalue weighted by Crippen LogP contribution is 2.51. The van der Waals surface area contributed by atoms with Crippen molar-refractivity contribution >= 4 is 23.9 Å². The molecular formula is C50H74O8. The van der Waals surface area contributed by atoms with Crippen LogP contribution in [0.15, 0.2) is 24.3 Å². The van der Waals surface area contributed by atoms with Gasteiger partial charge in [-0.1, -0.05) is 62.8 Å². The lowest BCUT2D eigenvalue weighted by Crippen LogP contribution is -2.23. The van der Waals surface area contributed by atoms with E-state index in [2.05, 4.69) is 38.1 Å². The molecule has 0 atom stereocenters. The maximum atomic E-state index is 11.8. The number of hydrogen-bond acceptors (Lipinski definition) is 4. The van der Waals surface area contributed by atoms with Gasteiger partial charge in [-0.3, -0.25) is 19.2 Å². The molecule has 0 saturated heterocycles. The average Bonchev–Trinajstić information content (AvgIpc) is 4.09. The van der Waals surface area contributed by atoms with E-state index in [1.165, 1.54) is 44.5 Å². The second kappa shape index (κ2) is 20.5. The molecule has 0 aromatic heterocycles. The Bertz CT molecular complexity index is 1740. The SMILES string of the molecule is Cc1cc(CCCCC2(C(=O)O)CC2)c(CCc2c(CCCCCC(C)(C)C(=O)O)ccc(CCCCC3(C(=O)O)CC3)c2C)cc1CCCCCC(C)(C)C(=O)O. The zero-order valence-corrected chi connectivity index (χ0v) is 36.7. The molecule has 2 aromatic rings. The predicted octanol–water partition coefficient (Wildman–Crippen LogP) is 11.7. The largest absolute Gasteiger partial charge is 0.481 e. The van der Waals surface area contributed by atoms with E-state index >= 15 is 0 Å². The van der Waals surface area contributed by atoms with Crippen LogP contribution in [0.4, 0.5) is 0 Å². The molecule has 2 aliphatic rings. The quantitative estimate of drug-likeness (QED) is 0.0594. The molecule has 0 heterocycles. The number of carboxylic acids is 4. The van der Waals surface area contributed by atoms with Crippen LogP contribution in [-0.2, 0) is 57.7 Å². The van der Waals surface area contributed by atoms with Gasteiger partial charge in [-0.2, -0.15) is 0 Å². The molecule has 0 spiro atoms. The Hall–Kier alpha value is -3.68. The molecule has 322 valence electrons. The fraction of sp³-hybridized carbons (Fsp3) is 0.680. The van der Waals surface area contributed by atoms with E-state index in [1.807, 2.05) is 0 Å². The molecule has 8 nitrogen and oxygen atoms in total. The maximum absolute atomic E-state index is 11.8. The number of carbonyl (C=O) groups is 4. The first kappa shape index (κ1) is 47.0. The number of rotatable bonds is 29. The summed E-state index contributed by atoms with van der Waals surface area (Å²) in [5.41, 5.74) is 8.39. The van der Waals surface area contributed by atoms with Crippen LogP contribution >= 0.6 is 0 Å². The van der Waals surface area contributed by atoms with Crippen LogP contribution in [0.2, 0.25) is 0 Å². The van der Waals surface area contributed by atoms with Gasteiger partial charge < -0.3 is 20.4 Å². The Labute approximate surface area is 348 Å². The normalized spacial score (nSPS) is 15.6. The van der Waals surface area contributed by atoms with Gasteiger partial charge in [0.1, 0.15) is 0 Å². The first-order chi connectivity index (χ1) is 27.3. The zero-order valence-electron chi connectivity index (χ0n) is 36.7. The number of hydrogen-bond donors (Lipinski definition) is 4. The fourth-order valence-corrected chi connectivity index (χ4v) is 8.91. The lowest BCUT2D eigenvalue weighted by atomic mass is 9.85. The van der Waals surface area contributed by atoms with E-state index in [1.54, 1.807) is 27.7 Å². The molecule has 2 fully saturated rings. The van der Waals surface area contributed by atoms with Crippen LogP contribution < -0.4 is 0 Å². The van der Waals surface area contributed by atoms with E-state index in [0.717, 1.165) is 141 Å². The summed E-state index contributed by atoms with van der Waals surface area (Å²) in [5.74, 6) is -2.79. The van der Waals surface area contributed by atoms with Gasteiger partial charge in [0.15, 0.2) is 0 Å². The minimum absolute atomic E-state index is 0.485. The Morgan fingerprint density at radius 2 is 0.914 bits per heavy atom. The molecule has 4 N–H and O–H groups in total. The summed E-state index contributed by atoms with van der Waals surface area (Å²) in [4.78, 5) is 46.8. The van der Waals surface area contributed by atoms with Gasteiger partial charge in [-0.05, 0) is 202 Å². The minimum Gasteiger partial charge on any atom is -0.481 e. The van der Waals surface area contributed by atoms with E-state index < -0.39 is 45.5 Å². The third-order valence-corrected chi connectivity index (χ3v) is 14.1. The Balaban J connectivity index is 1.51. The molecule has 2 aromatic carbocycles. The van der Waals surface area contributed by atoms with Crippen LogP contribution in [0.5, 0.6) is 0 Å². The summed E-state index contributed by atoms with van der Waals surface area (Å²) in [5, 5.41) is 38.5. The van der Waals surface area contributed by atoms with Crippen LogP contribution in [0.25, 0.3) is 0 Å². The molecule has 58 heavy (non-hydrogen) atoms. The van der Waals surface area contributed by atoms with Crippen LogP contribution in [0.1, 0.15) is 188 Å². The van der Waals surface area contributed by atoms with Gasteiger partial charge in [0.05, 0.1) is 21.7 Å². The molecule has 2 aliphatic carbocycles. The third-order valence-electron chi connectivity index (χ3n) is 14.1. The van der Waals surface area contributed by atoms with Gasteiger partial charge in [-0.25, -0.2) is 0 Å². The summed E-state index contributed by atoms with van der Waals surface area (Å²) < 4.78 is 0. The van der Waals surface area contributed by atoms with Crippen LogP contribution in [0.3, 0.4) is 0 Å². The monoisotopic (exact) mass is 803 g/mol. The highest BCUT2D eigenvalue weighted by molar-refractivity contribution is 5.78. The molecule has 0 amide bonds. The fourth-order valence-electron chi connectivity index (χ4n) is 8.91. The summed E-state index contributed by atoms with van der Waals surface area (Å²) in [6.45, 7) is 11.7. The van der Waals surface area contributed by atoms with Crippen molar-refractivity contribution in [3.63, 3.8) is 0 Å². The average molecular weight is 803 g/mol. The zero-order chi connectivity index (χ0) is 42.7. The van der Waals surface area contributed by atoms with E-state index in [0.29, 0.717) is 12.8 Å². The Kier molecular flexibility index (Phi) is 16.6. The molecule has 2 saturated carbocycles. The second-order valence-corrected chi connectivity index (χ2v) is 19.6. The molecule has 0 unspecified atom stereocenters. The molecule has 4 rings (SSSR count). The topological polar surface area (TPSA) is 149 Å². The molecule has 0 aliphatic heterocycles. The number of aliphatic carboxylic acids is 4. The molecular weight excluding hydrogens is 729 g/mol. The molecule has 0 radical (unpaired) electrons. The van der Waals surface area contributed by atoms with Crippen LogP contribution in [0, 0.1) is 35.5 Å². The number of unbranched alkanes of at least 4 members (excludes halogenated alkanes) is 6. The summed E-state index contributed by atoms with van der Waals surface area (Å²) in [6, 6.07) is 9.38. The molecule has 8 heteroatoms. The lowest BCUT2D eigenvalue weighted by Gasteiger charge is -2.20. The van der Waals surface area contributed by atoms with Crippen molar-refractivity contribution in [1.29, 1.82) is 0 Å². The van der Waals surface area contributed by atoms with Gasteiger partial charge >= 0.3 is 23.9 Å². The number of aryl methyl sites for hydroxylation is 6. The standard InChI is InChI=1S/C50H74O8/c1-35-33-40(20-12-16-28-50(31-32-50)46(57)58)41(34-39(35)19-10-8-14-26-48(5,6)44(53)54)23-24-42-36(2)37(17-11-15-27-49(29-30-49)45(55)56)21-22-38(42)18-9-7-13-25-47(3,4)43(51)52/h21-22,33-34H,7-20,23-32H2,1-6H3,(H,51,52)(H,53,54)(H,55,56)(H,57,58). The van der Waals surface area contributed by atoms with Crippen molar-refractivity contribution in [2.45, 2.75) is 196 Å². The summed E-state index contributed by atoms with van der Waals surface area (Å²) in [6.07, 6.45) is 21.0. The highest BCUT2D eigenvalue weighted by Gasteiger charge is 2.50. The van der Waals surface area contributed by atoms with Gasteiger partial charge in [0.25, 0.3) is 0 Å². The van der Waals surface area contributed by atoms with Crippen molar-refractivity contribution in [1.82, 2.24) is 0 Å². The highest BCUT2D eigenvalue weighted by atomic mass is 16.4. The van der Waals surface area contributed by atoms with Crippen molar-refractivity contribution in [3.05, 3.63) is 68.8 Å². The van der Waals surface area contributed by atoms with Gasteiger partial charge in [0.2, 0.25) is 0 Å². The van der Waals surface area contributed by atoms with Gasteiger partial charge in [0, 0.05) is 0 Å². The summed E-state index contributed by atoms with van der Waals surface area (Å²) in [7, 11) is 0. The predicted molar refractivity (Wildman–Crippen MR) is 231 cm³/mol. The van der Waals surface area contributed by atoms with E-state index in [-0.39, 0.29) is 0 Å². The van der Waals surface area contributed by atoms with Crippen molar-refractivity contribution in [2.24, 2.45) is 21.7 Å². The Morgan fingerprint density at radius 3 is 1.38 bits per heavy atom. The first-order valence-corrected chi connectivity index (χ1v) is 22.5. The molecule has 0 bridgehead atoms. The Morgan fingerprint density at radius 1 is 0.500 bits per heavy atom. The van der Waals surface area contributed by atoms with Crippen molar-refractivity contribution in [3.8, 4) is 0 Å². The van der Waals surface area contributed by atoms with Crippen molar-refractivity contribution < 1.29 is 39.6 Å². The third kappa shape index (κ3) is 13.2. The smallest absolute Gasteiger partial charge is 0.309 e. The van der Waals surface area contributed by atoms with Crippen LogP contribution in [-0.4, -0.2) is 44.3 Å².